The maximum Gasteiger partial charge on any atom is 0.230 e. The van der Waals surface area contributed by atoms with Crippen LogP contribution in [0, 0.1) is 25.7 Å². The summed E-state index contributed by atoms with van der Waals surface area (Å²) in [7, 11) is 0. The van der Waals surface area contributed by atoms with Gasteiger partial charge in [-0.1, -0.05) is 33.0 Å². The number of carbonyl (C=O) groups excluding carboxylic acids is 2. The summed E-state index contributed by atoms with van der Waals surface area (Å²) < 4.78 is 49.6. The van der Waals surface area contributed by atoms with Gasteiger partial charge < -0.3 is 29.2 Å². The van der Waals surface area contributed by atoms with Crippen molar-refractivity contribution in [3.05, 3.63) is 45.1 Å². The fourth-order valence-electron chi connectivity index (χ4n) is 5.95. The maximum atomic E-state index is 14.0. The van der Waals surface area contributed by atoms with Crippen LogP contribution in [0.1, 0.15) is 86.6 Å². The zero-order valence-corrected chi connectivity index (χ0v) is 31.6. The molecule has 20 heteroatoms. The standard InChI is InChI=1S/2C16H22FN5O3S/c2*1-9-6-12(24-8-14-19-11(3)25-21-14)4-5-22(9)7-13-15(17)20-16(26-13)18-10(2)23/h2*9,12H,4-8H2,1-3H3,(H,18,20,23)/t2*9-,12+/m10/s1. The zero-order chi connectivity index (χ0) is 37.4. The van der Waals surface area contributed by atoms with Crippen LogP contribution in [-0.4, -0.2) is 89.2 Å². The fraction of sp³-hybridized carbons (Fsp3) is 0.625. The van der Waals surface area contributed by atoms with Crippen molar-refractivity contribution in [2.45, 2.75) is 118 Å². The average Bonchev–Trinajstić information content (AvgIpc) is 3.85. The summed E-state index contributed by atoms with van der Waals surface area (Å²) >= 11 is 2.35. The van der Waals surface area contributed by atoms with E-state index in [-0.39, 0.29) is 36.1 Å². The second-order valence-electron chi connectivity index (χ2n) is 12.8. The quantitative estimate of drug-likeness (QED) is 0.196. The van der Waals surface area contributed by atoms with E-state index >= 15 is 0 Å². The fourth-order valence-corrected chi connectivity index (χ4v) is 7.78. The molecule has 0 spiro atoms. The Hall–Kier alpha value is -3.82. The summed E-state index contributed by atoms with van der Waals surface area (Å²) in [4.78, 5) is 43.4. The Labute approximate surface area is 307 Å². The van der Waals surface area contributed by atoms with Crippen molar-refractivity contribution >= 4 is 44.8 Å². The second-order valence-corrected chi connectivity index (χ2v) is 15.0. The van der Waals surface area contributed by atoms with Crippen LogP contribution < -0.4 is 10.6 Å². The first-order valence-corrected chi connectivity index (χ1v) is 18.6. The molecule has 0 radical (unpaired) electrons. The van der Waals surface area contributed by atoms with Gasteiger partial charge in [-0.2, -0.15) is 28.7 Å². The second kappa shape index (κ2) is 18.3. The van der Waals surface area contributed by atoms with Gasteiger partial charge in [-0.3, -0.25) is 19.4 Å². The molecule has 0 unspecified atom stereocenters. The van der Waals surface area contributed by atoms with E-state index in [9.17, 15) is 18.4 Å². The van der Waals surface area contributed by atoms with Crippen LogP contribution in [-0.2, 0) is 45.4 Å². The summed E-state index contributed by atoms with van der Waals surface area (Å²) in [5.41, 5.74) is 0. The highest BCUT2D eigenvalue weighted by molar-refractivity contribution is 7.16. The molecule has 4 aromatic heterocycles. The molecule has 52 heavy (non-hydrogen) atoms. The number of ether oxygens (including phenoxy) is 2. The molecule has 0 aromatic carbocycles. The van der Waals surface area contributed by atoms with Gasteiger partial charge in [-0.05, 0) is 39.5 Å². The number of anilines is 2. The Kier molecular flexibility index (Phi) is 13.9. The molecule has 2 N–H and O–H groups in total. The highest BCUT2D eigenvalue weighted by Crippen LogP contribution is 2.29. The average molecular weight is 767 g/mol. The van der Waals surface area contributed by atoms with E-state index < -0.39 is 11.9 Å². The number of thiazole rings is 2. The third kappa shape index (κ3) is 11.6. The molecule has 6 heterocycles. The Morgan fingerprint density at radius 2 is 1.15 bits per heavy atom. The van der Waals surface area contributed by atoms with Gasteiger partial charge >= 0.3 is 0 Å². The minimum Gasteiger partial charge on any atom is -0.370 e. The Morgan fingerprint density at radius 3 is 1.48 bits per heavy atom. The molecule has 4 atom stereocenters. The van der Waals surface area contributed by atoms with E-state index in [0.717, 1.165) is 38.8 Å². The van der Waals surface area contributed by atoms with Gasteiger partial charge in [-0.15, -0.1) is 0 Å². The predicted octanol–water partition coefficient (Wildman–Crippen LogP) is 5.00. The number of piperidine rings is 2. The Bertz CT molecular complexity index is 1660. The van der Waals surface area contributed by atoms with Gasteiger partial charge in [-0.25, -0.2) is 0 Å². The van der Waals surface area contributed by atoms with Gasteiger partial charge in [0.25, 0.3) is 0 Å². The van der Waals surface area contributed by atoms with Crippen molar-refractivity contribution < 1.29 is 36.9 Å². The molecule has 284 valence electrons. The first-order chi connectivity index (χ1) is 24.8. The van der Waals surface area contributed by atoms with Gasteiger partial charge in [0.15, 0.2) is 21.9 Å². The van der Waals surface area contributed by atoms with Crippen LogP contribution in [0.2, 0.25) is 0 Å². The number of aryl methyl sites for hydroxylation is 2. The molecule has 6 rings (SSSR count). The first kappa shape index (κ1) is 39.4. The SMILES string of the molecule is CC(=O)Nc1nc(F)c(CN2CC[C@@H](OCc3noc(C)n3)C[C@@H]2C)s1.CC(=O)Nc1nc(F)c(CN2CC[C@H](OCc3noc(C)n3)C[C@H]2C)s1. The summed E-state index contributed by atoms with van der Waals surface area (Å²) in [5, 5.41) is 13.3. The summed E-state index contributed by atoms with van der Waals surface area (Å²) in [6, 6.07) is 0.484. The topological polar surface area (TPSA) is 187 Å². The van der Waals surface area contributed by atoms with Gasteiger partial charge in [0.2, 0.25) is 35.5 Å². The number of hydrogen-bond acceptors (Lipinski definition) is 16. The number of rotatable bonds is 12. The number of hydrogen-bond donors (Lipinski definition) is 2. The van der Waals surface area contributed by atoms with Crippen LogP contribution >= 0.6 is 22.7 Å². The van der Waals surface area contributed by atoms with Crippen molar-refractivity contribution in [3.8, 4) is 0 Å². The summed E-state index contributed by atoms with van der Waals surface area (Å²) in [5.74, 6) is 0.606. The number of amides is 2. The predicted molar refractivity (Wildman–Crippen MR) is 186 cm³/mol. The van der Waals surface area contributed by atoms with Gasteiger partial charge in [0.1, 0.15) is 13.2 Å². The first-order valence-electron chi connectivity index (χ1n) is 17.0. The lowest BCUT2D eigenvalue weighted by atomic mass is 10.0. The van der Waals surface area contributed by atoms with Crippen LogP contribution in [0.4, 0.5) is 19.0 Å². The molecular formula is C32H44F2N10O6S2. The molecule has 2 aliphatic heterocycles. The maximum absolute atomic E-state index is 14.0. The van der Waals surface area contributed by atoms with E-state index in [0.29, 0.717) is 69.8 Å². The van der Waals surface area contributed by atoms with E-state index in [1.807, 2.05) is 0 Å². The van der Waals surface area contributed by atoms with Crippen LogP contribution in [0.25, 0.3) is 0 Å². The molecule has 2 fully saturated rings. The van der Waals surface area contributed by atoms with Crippen molar-refractivity contribution in [1.29, 1.82) is 0 Å². The third-order valence-corrected chi connectivity index (χ3v) is 10.4. The Morgan fingerprint density at radius 1 is 0.750 bits per heavy atom. The number of nitrogens with zero attached hydrogens (tertiary/aromatic N) is 8. The normalized spacial score (nSPS) is 21.1. The van der Waals surface area contributed by atoms with E-state index in [1.165, 1.54) is 36.5 Å². The molecule has 0 bridgehead atoms. The smallest absolute Gasteiger partial charge is 0.230 e. The van der Waals surface area contributed by atoms with E-state index in [1.54, 1.807) is 13.8 Å². The van der Waals surface area contributed by atoms with Crippen molar-refractivity contribution in [3.63, 3.8) is 0 Å². The third-order valence-electron chi connectivity index (χ3n) is 8.53. The highest BCUT2D eigenvalue weighted by atomic mass is 32.1. The number of nitrogens with one attached hydrogen (secondary N) is 2. The van der Waals surface area contributed by atoms with Gasteiger partial charge in [0, 0.05) is 66.0 Å². The lowest BCUT2D eigenvalue weighted by Gasteiger charge is -2.37. The molecule has 4 aromatic rings. The highest BCUT2D eigenvalue weighted by Gasteiger charge is 2.29. The van der Waals surface area contributed by atoms with Crippen molar-refractivity contribution in [1.82, 2.24) is 40.0 Å². The monoisotopic (exact) mass is 766 g/mol. The molecule has 0 saturated carbocycles. The number of aromatic nitrogens is 6. The van der Waals surface area contributed by atoms with Crippen molar-refractivity contribution in [2.75, 3.05) is 23.7 Å². The van der Waals surface area contributed by atoms with Crippen LogP contribution in [0.5, 0.6) is 0 Å². The molecule has 0 aliphatic carbocycles. The number of carbonyl (C=O) groups is 2. The molecule has 2 aliphatic rings. The minimum absolute atomic E-state index is 0.112. The lowest BCUT2D eigenvalue weighted by molar-refractivity contribution is -0.115. The van der Waals surface area contributed by atoms with Gasteiger partial charge in [0.05, 0.1) is 22.0 Å². The molecule has 2 saturated heterocycles. The zero-order valence-electron chi connectivity index (χ0n) is 30.0. The van der Waals surface area contributed by atoms with Crippen molar-refractivity contribution in [2.24, 2.45) is 0 Å². The number of halogens is 2. The summed E-state index contributed by atoms with van der Waals surface area (Å²) in [6.45, 7) is 13.6. The molecule has 16 nitrogen and oxygen atoms in total. The van der Waals surface area contributed by atoms with Crippen LogP contribution in [0.15, 0.2) is 9.05 Å². The van der Waals surface area contributed by atoms with E-state index in [2.05, 4.69) is 64.5 Å². The lowest BCUT2D eigenvalue weighted by Crippen LogP contribution is -2.42. The van der Waals surface area contributed by atoms with Crippen LogP contribution in [0.3, 0.4) is 0 Å². The number of likely N-dealkylation sites (tertiary alicyclic amines) is 2. The molecule has 2 amide bonds. The molecular weight excluding hydrogens is 723 g/mol. The largest absolute Gasteiger partial charge is 0.370 e. The minimum atomic E-state index is -0.517. The van der Waals surface area contributed by atoms with E-state index in [4.69, 9.17) is 18.5 Å². The summed E-state index contributed by atoms with van der Waals surface area (Å²) in [6.07, 6.45) is 3.61. The Balaban J connectivity index is 0.000000201.